The van der Waals surface area contributed by atoms with Crippen LogP contribution in [0.1, 0.15) is 31.9 Å². The summed E-state index contributed by atoms with van der Waals surface area (Å²) < 4.78 is 45.0. The average molecular weight is 408 g/mol. The van der Waals surface area contributed by atoms with Gasteiger partial charge in [0.25, 0.3) is 0 Å². The number of hydrogen-bond donors (Lipinski definition) is 1. The molecule has 0 saturated heterocycles. The van der Waals surface area contributed by atoms with Gasteiger partial charge in [0.1, 0.15) is 11.6 Å². The largest absolute Gasteiger partial charge is 0.459 e. The molecule has 0 aliphatic carbocycles. The number of carbonyl (C=O) groups excluding carboxylic acids is 1. The number of benzene rings is 1. The van der Waals surface area contributed by atoms with Crippen LogP contribution in [0.25, 0.3) is 0 Å². The van der Waals surface area contributed by atoms with E-state index in [1.807, 2.05) is 0 Å². The van der Waals surface area contributed by atoms with Crippen molar-refractivity contribution < 1.29 is 22.7 Å². The van der Waals surface area contributed by atoms with Crippen molar-refractivity contribution in [2.75, 3.05) is 0 Å². The van der Waals surface area contributed by atoms with E-state index in [1.165, 1.54) is 12.1 Å². The highest BCUT2D eigenvalue weighted by Crippen LogP contribution is 2.52. The lowest BCUT2D eigenvalue weighted by molar-refractivity contribution is -0.166. The van der Waals surface area contributed by atoms with E-state index < -0.39 is 29.5 Å². The summed E-state index contributed by atoms with van der Waals surface area (Å²) in [7, 11) is 0. The molecule has 0 radical (unpaired) electrons. The first-order valence-electron chi connectivity index (χ1n) is 7.13. The first kappa shape index (κ1) is 18.9. The third kappa shape index (κ3) is 4.13. The van der Waals surface area contributed by atoms with Crippen molar-refractivity contribution in [1.82, 2.24) is 0 Å². The summed E-state index contributed by atoms with van der Waals surface area (Å²) in [6.45, 7) is 5.12. The Morgan fingerprint density at radius 2 is 1.88 bits per heavy atom. The molecular formula is C15H17BrF3N3O2. The van der Waals surface area contributed by atoms with E-state index in [9.17, 15) is 18.0 Å². The predicted molar refractivity (Wildman–Crippen MR) is 84.3 cm³/mol. The maximum absolute atomic E-state index is 13.1. The number of ether oxygens (including phenoxy) is 1. The predicted octanol–water partition coefficient (Wildman–Crippen LogP) is 3.84. The molecule has 1 aromatic carbocycles. The first-order chi connectivity index (χ1) is 10.8. The van der Waals surface area contributed by atoms with Crippen LogP contribution in [-0.2, 0) is 21.6 Å². The highest BCUT2D eigenvalue weighted by molar-refractivity contribution is 9.10. The summed E-state index contributed by atoms with van der Waals surface area (Å²) in [5.74, 6) is -0.615. The molecule has 1 aromatic rings. The number of carbonyl (C=O) groups is 1. The molecule has 0 bridgehead atoms. The molecule has 0 aromatic heterocycles. The van der Waals surface area contributed by atoms with Gasteiger partial charge in [0.15, 0.2) is 0 Å². The summed E-state index contributed by atoms with van der Waals surface area (Å²) in [5, 5.41) is 6.35. The van der Waals surface area contributed by atoms with Crippen molar-refractivity contribution in [2.45, 2.75) is 50.7 Å². The van der Waals surface area contributed by atoms with Crippen molar-refractivity contribution in [3.63, 3.8) is 0 Å². The Balaban J connectivity index is 2.20. The van der Waals surface area contributed by atoms with Gasteiger partial charge in [0.05, 0.1) is 0 Å². The van der Waals surface area contributed by atoms with Crippen LogP contribution in [0.15, 0.2) is 32.9 Å². The van der Waals surface area contributed by atoms with Crippen molar-refractivity contribution in [3.05, 3.63) is 33.8 Å². The quantitative estimate of drug-likeness (QED) is 0.770. The van der Waals surface area contributed by atoms with Crippen LogP contribution in [0, 0.1) is 0 Å². The average Bonchev–Trinajstić information content (AvgIpc) is 3.16. The summed E-state index contributed by atoms with van der Waals surface area (Å²) in [6, 6.07) is 3.22. The molecule has 1 aliphatic heterocycles. The van der Waals surface area contributed by atoms with Gasteiger partial charge in [-0.05, 0) is 44.9 Å². The van der Waals surface area contributed by atoms with E-state index in [-0.39, 0.29) is 12.0 Å². The molecule has 0 amide bonds. The van der Waals surface area contributed by atoms with Gasteiger partial charge in [-0.25, -0.2) is 0 Å². The number of halogens is 4. The molecule has 1 aliphatic rings. The molecule has 2 N–H and O–H groups in total. The van der Waals surface area contributed by atoms with Gasteiger partial charge in [-0.3, -0.25) is 4.79 Å². The molecule has 24 heavy (non-hydrogen) atoms. The lowest BCUT2D eigenvalue weighted by atomic mass is 9.97. The van der Waals surface area contributed by atoms with Crippen LogP contribution in [-0.4, -0.2) is 23.8 Å². The van der Waals surface area contributed by atoms with Crippen LogP contribution in [0.2, 0.25) is 0 Å². The van der Waals surface area contributed by atoms with E-state index in [4.69, 9.17) is 10.5 Å². The lowest BCUT2D eigenvalue weighted by Gasteiger charge is -2.22. The highest BCUT2D eigenvalue weighted by Gasteiger charge is 2.65. The van der Waals surface area contributed by atoms with Crippen LogP contribution in [0.3, 0.4) is 0 Å². The van der Waals surface area contributed by atoms with E-state index >= 15 is 0 Å². The SMILES string of the molecule is CC(C)(C)OC(=O)[C@@H](N)Cc1cc(Br)cc(C2(C(F)(F)F)N=N2)c1. The topological polar surface area (TPSA) is 77.0 Å². The smallest absolute Gasteiger partial charge is 0.442 e. The maximum atomic E-state index is 13.1. The van der Waals surface area contributed by atoms with Crippen LogP contribution in [0.4, 0.5) is 13.2 Å². The van der Waals surface area contributed by atoms with Crippen LogP contribution in [0.5, 0.6) is 0 Å². The van der Waals surface area contributed by atoms with Gasteiger partial charge >= 0.3 is 17.8 Å². The second kappa shape index (κ2) is 6.11. The van der Waals surface area contributed by atoms with E-state index in [0.717, 1.165) is 0 Å². The Morgan fingerprint density at radius 1 is 1.29 bits per heavy atom. The molecule has 9 heteroatoms. The normalized spacial score (nSPS) is 17.5. The second-order valence-electron chi connectivity index (χ2n) is 6.56. The fourth-order valence-corrected chi connectivity index (χ4v) is 2.67. The number of nitrogens with two attached hydrogens (primary N) is 1. The van der Waals surface area contributed by atoms with E-state index in [0.29, 0.717) is 10.0 Å². The Bertz CT molecular complexity index is 678. The van der Waals surface area contributed by atoms with Crippen LogP contribution < -0.4 is 5.73 Å². The molecule has 132 valence electrons. The molecule has 0 unspecified atom stereocenters. The second-order valence-corrected chi connectivity index (χ2v) is 7.48. The van der Waals surface area contributed by atoms with Gasteiger partial charge in [0.2, 0.25) is 0 Å². The Labute approximate surface area is 145 Å². The minimum absolute atomic E-state index is 0.0370. The van der Waals surface area contributed by atoms with Gasteiger partial charge in [0, 0.05) is 10.0 Å². The summed E-state index contributed by atoms with van der Waals surface area (Å²) in [5.41, 5.74) is 2.95. The monoisotopic (exact) mass is 407 g/mol. The fourth-order valence-electron chi connectivity index (χ4n) is 2.13. The van der Waals surface area contributed by atoms with Gasteiger partial charge in [-0.2, -0.15) is 13.2 Å². The third-order valence-corrected chi connectivity index (χ3v) is 3.68. The Morgan fingerprint density at radius 3 is 2.33 bits per heavy atom. The van der Waals surface area contributed by atoms with Crippen molar-refractivity contribution in [1.29, 1.82) is 0 Å². The standard InChI is InChI=1S/C15H17BrF3N3O2/c1-13(2,3)24-12(23)11(20)6-8-4-9(7-10(16)5-8)14(21-22-14)15(17,18)19/h4-5,7,11H,6,20H2,1-3H3/t11-/m0/s1. The molecule has 2 rings (SSSR count). The fraction of sp³-hybridized carbons (Fsp3) is 0.533. The Hall–Kier alpha value is -1.48. The number of rotatable bonds is 4. The molecule has 1 heterocycles. The van der Waals surface area contributed by atoms with Crippen molar-refractivity contribution >= 4 is 21.9 Å². The van der Waals surface area contributed by atoms with Gasteiger partial charge in [-0.15, -0.1) is 10.2 Å². The molecule has 0 saturated carbocycles. The number of nitrogens with zero attached hydrogens (tertiary/aromatic N) is 2. The van der Waals surface area contributed by atoms with Gasteiger partial charge in [-0.1, -0.05) is 22.0 Å². The number of esters is 1. The van der Waals surface area contributed by atoms with E-state index in [2.05, 4.69) is 26.2 Å². The third-order valence-electron chi connectivity index (χ3n) is 3.22. The molecule has 0 fully saturated rings. The summed E-state index contributed by atoms with van der Waals surface area (Å²) >= 11 is 3.17. The highest BCUT2D eigenvalue weighted by atomic mass is 79.9. The molecule has 5 nitrogen and oxygen atoms in total. The zero-order valence-electron chi connectivity index (χ0n) is 13.3. The first-order valence-corrected chi connectivity index (χ1v) is 7.92. The summed E-state index contributed by atoms with van der Waals surface area (Å²) in [4.78, 5) is 11.9. The van der Waals surface area contributed by atoms with Crippen molar-refractivity contribution in [2.24, 2.45) is 16.0 Å². The van der Waals surface area contributed by atoms with E-state index in [1.54, 1.807) is 26.8 Å². The van der Waals surface area contributed by atoms with Crippen molar-refractivity contribution in [3.8, 4) is 0 Å². The molecule has 1 atom stereocenters. The minimum atomic E-state index is -4.61. The maximum Gasteiger partial charge on any atom is 0.442 e. The molecule has 0 spiro atoms. The number of hydrogen-bond acceptors (Lipinski definition) is 5. The number of alkyl halides is 3. The summed E-state index contributed by atoms with van der Waals surface area (Å²) in [6.07, 6.45) is -4.58. The van der Waals surface area contributed by atoms with Gasteiger partial charge < -0.3 is 10.5 Å². The Kier molecular flexibility index (Phi) is 4.80. The minimum Gasteiger partial charge on any atom is -0.459 e. The molecular weight excluding hydrogens is 391 g/mol. The zero-order chi connectivity index (χ0) is 18.3. The van der Waals surface area contributed by atoms with Crippen LogP contribution >= 0.6 is 15.9 Å². The lowest BCUT2D eigenvalue weighted by Crippen LogP contribution is -2.39. The zero-order valence-corrected chi connectivity index (χ0v) is 14.9.